The number of rotatable bonds is 3. The van der Waals surface area contributed by atoms with Gasteiger partial charge in [0, 0.05) is 0 Å². The minimum Gasteiger partial charge on any atom is -0.435 e. The molecule has 1 nitrogen and oxygen atoms in total. The van der Waals surface area contributed by atoms with Crippen LogP contribution in [0.25, 0.3) is 0 Å². The van der Waals surface area contributed by atoms with Crippen molar-refractivity contribution >= 4 is 15.9 Å². The second-order valence-corrected chi connectivity index (χ2v) is 5.34. The number of benzene rings is 1. The van der Waals surface area contributed by atoms with E-state index in [1.54, 1.807) is 13.0 Å². The number of alkyl halides is 3. The lowest BCUT2D eigenvalue weighted by Gasteiger charge is -2.12. The summed E-state index contributed by atoms with van der Waals surface area (Å²) >= 11 is 3.62. The highest BCUT2D eigenvalue weighted by atomic mass is 79.9. The van der Waals surface area contributed by atoms with Crippen molar-refractivity contribution in [3.05, 3.63) is 29.3 Å². The monoisotopic (exact) mass is 276 g/mol. The third-order valence-corrected chi connectivity index (χ3v) is 3.85. The summed E-state index contributed by atoms with van der Waals surface area (Å²) in [4.78, 5) is 0. The maximum Gasteiger partial charge on any atom is 0.387 e. The molecular formula is C11H11BrF2O. The zero-order chi connectivity index (χ0) is 11.1. The SMILES string of the molecule is Cc1cc(C2(Br)CC2)ccc1OC(F)F. The Bertz CT molecular complexity index is 375. The number of halogens is 3. The van der Waals surface area contributed by atoms with Crippen LogP contribution in [0, 0.1) is 6.92 Å². The van der Waals surface area contributed by atoms with Crippen molar-refractivity contribution in [2.45, 2.75) is 30.7 Å². The zero-order valence-electron chi connectivity index (χ0n) is 8.27. The van der Waals surface area contributed by atoms with Crippen LogP contribution in [-0.2, 0) is 4.32 Å². The lowest BCUT2D eigenvalue weighted by molar-refractivity contribution is -0.0503. The summed E-state index contributed by atoms with van der Waals surface area (Å²) in [5, 5.41) is 0. The van der Waals surface area contributed by atoms with Gasteiger partial charge in [0.1, 0.15) is 5.75 Å². The molecule has 1 fully saturated rings. The van der Waals surface area contributed by atoms with E-state index < -0.39 is 6.61 Å². The fourth-order valence-corrected chi connectivity index (χ4v) is 2.00. The van der Waals surface area contributed by atoms with Crippen LogP contribution in [0.1, 0.15) is 24.0 Å². The van der Waals surface area contributed by atoms with E-state index in [-0.39, 0.29) is 10.1 Å². The van der Waals surface area contributed by atoms with Crippen LogP contribution >= 0.6 is 15.9 Å². The molecule has 1 aromatic rings. The highest BCUT2D eigenvalue weighted by Gasteiger charge is 2.41. The average Bonchev–Trinajstić information content (AvgIpc) is 2.88. The molecule has 0 spiro atoms. The van der Waals surface area contributed by atoms with E-state index in [1.165, 1.54) is 0 Å². The van der Waals surface area contributed by atoms with Crippen LogP contribution in [0.3, 0.4) is 0 Å². The van der Waals surface area contributed by atoms with Gasteiger partial charge in [-0.15, -0.1) is 0 Å². The molecule has 0 N–H and O–H groups in total. The first-order valence-electron chi connectivity index (χ1n) is 4.76. The van der Waals surface area contributed by atoms with Crippen molar-refractivity contribution in [3.8, 4) is 5.75 Å². The van der Waals surface area contributed by atoms with E-state index in [2.05, 4.69) is 20.7 Å². The van der Waals surface area contributed by atoms with E-state index in [4.69, 9.17) is 0 Å². The molecule has 1 saturated carbocycles. The maximum atomic E-state index is 12.0. The van der Waals surface area contributed by atoms with E-state index in [0.29, 0.717) is 0 Å². The van der Waals surface area contributed by atoms with Gasteiger partial charge in [-0.2, -0.15) is 8.78 Å². The summed E-state index contributed by atoms with van der Waals surface area (Å²) in [5.74, 6) is 0.255. The molecule has 0 bridgehead atoms. The summed E-state index contributed by atoms with van der Waals surface area (Å²) in [6.07, 6.45) is 2.20. The predicted molar refractivity (Wildman–Crippen MR) is 57.7 cm³/mol. The fourth-order valence-electron chi connectivity index (χ4n) is 1.55. The summed E-state index contributed by atoms with van der Waals surface area (Å²) in [6.45, 7) is -0.978. The first-order valence-corrected chi connectivity index (χ1v) is 5.55. The summed E-state index contributed by atoms with van der Waals surface area (Å²) in [5.41, 5.74) is 1.89. The van der Waals surface area contributed by atoms with Gasteiger partial charge in [0.2, 0.25) is 0 Å². The third kappa shape index (κ3) is 2.30. The van der Waals surface area contributed by atoms with Gasteiger partial charge >= 0.3 is 6.61 Å². The van der Waals surface area contributed by atoms with E-state index in [0.717, 1.165) is 24.0 Å². The predicted octanol–water partition coefficient (Wildman–Crippen LogP) is 3.98. The quantitative estimate of drug-likeness (QED) is 0.759. The van der Waals surface area contributed by atoms with Crippen LogP contribution in [-0.4, -0.2) is 6.61 Å². The molecule has 0 aromatic heterocycles. The van der Waals surface area contributed by atoms with Gasteiger partial charge in [0.15, 0.2) is 0 Å². The highest BCUT2D eigenvalue weighted by Crippen LogP contribution is 2.54. The molecule has 0 saturated heterocycles. The van der Waals surface area contributed by atoms with Crippen molar-refractivity contribution in [2.24, 2.45) is 0 Å². The van der Waals surface area contributed by atoms with Crippen LogP contribution < -0.4 is 4.74 Å². The number of aryl methyl sites for hydroxylation is 1. The van der Waals surface area contributed by atoms with E-state index >= 15 is 0 Å². The number of hydrogen-bond donors (Lipinski definition) is 0. The molecular weight excluding hydrogens is 266 g/mol. The minimum absolute atomic E-state index is 0.0844. The molecule has 0 atom stereocenters. The van der Waals surface area contributed by atoms with Crippen LogP contribution in [0.15, 0.2) is 18.2 Å². The van der Waals surface area contributed by atoms with Gasteiger partial charge in [-0.05, 0) is 37.0 Å². The second kappa shape index (κ2) is 3.74. The fraction of sp³-hybridized carbons (Fsp3) is 0.455. The smallest absolute Gasteiger partial charge is 0.387 e. The Hall–Kier alpha value is -0.640. The van der Waals surface area contributed by atoms with Crippen LogP contribution in [0.2, 0.25) is 0 Å². The number of hydrogen-bond acceptors (Lipinski definition) is 1. The van der Waals surface area contributed by atoms with Gasteiger partial charge in [-0.1, -0.05) is 28.1 Å². The average molecular weight is 277 g/mol. The van der Waals surface area contributed by atoms with Gasteiger partial charge in [-0.3, -0.25) is 0 Å². The molecule has 1 aliphatic rings. The molecule has 0 amide bonds. The lowest BCUT2D eigenvalue weighted by Crippen LogP contribution is -2.04. The zero-order valence-corrected chi connectivity index (χ0v) is 9.85. The molecule has 4 heteroatoms. The Labute approximate surface area is 95.6 Å². The molecule has 0 aliphatic heterocycles. The minimum atomic E-state index is -2.76. The summed E-state index contributed by atoms with van der Waals surface area (Å²) < 4.78 is 28.5. The molecule has 0 heterocycles. The first kappa shape index (κ1) is 10.9. The Morgan fingerprint density at radius 1 is 1.40 bits per heavy atom. The molecule has 0 radical (unpaired) electrons. The second-order valence-electron chi connectivity index (χ2n) is 3.82. The molecule has 1 aromatic carbocycles. The Balaban J connectivity index is 2.23. The Morgan fingerprint density at radius 3 is 2.53 bits per heavy atom. The van der Waals surface area contributed by atoms with Gasteiger partial charge in [0.25, 0.3) is 0 Å². The van der Waals surface area contributed by atoms with Crippen molar-refractivity contribution in [2.75, 3.05) is 0 Å². The normalized spacial score (nSPS) is 17.9. The topological polar surface area (TPSA) is 9.23 Å². The standard InChI is InChI=1S/C11H11BrF2O/c1-7-6-8(11(12)4-5-11)2-3-9(7)15-10(13)14/h2-3,6,10H,4-5H2,1H3. The van der Waals surface area contributed by atoms with Crippen molar-refractivity contribution in [1.29, 1.82) is 0 Å². The number of ether oxygens (including phenoxy) is 1. The molecule has 82 valence electrons. The van der Waals surface area contributed by atoms with Crippen molar-refractivity contribution < 1.29 is 13.5 Å². The summed E-state index contributed by atoms with van der Waals surface area (Å²) in [7, 11) is 0. The highest BCUT2D eigenvalue weighted by molar-refractivity contribution is 9.09. The first-order chi connectivity index (χ1) is 7.01. The molecule has 15 heavy (non-hydrogen) atoms. The van der Waals surface area contributed by atoms with Gasteiger partial charge < -0.3 is 4.74 Å². The van der Waals surface area contributed by atoms with Gasteiger partial charge in [0.05, 0.1) is 4.32 Å². The van der Waals surface area contributed by atoms with E-state index in [1.807, 2.05) is 12.1 Å². The van der Waals surface area contributed by atoms with Crippen molar-refractivity contribution in [3.63, 3.8) is 0 Å². The molecule has 2 rings (SSSR count). The molecule has 1 aliphatic carbocycles. The summed E-state index contributed by atoms with van der Waals surface area (Å²) in [6, 6.07) is 5.35. The van der Waals surface area contributed by atoms with E-state index in [9.17, 15) is 8.78 Å². The maximum absolute atomic E-state index is 12.0. The van der Waals surface area contributed by atoms with Crippen molar-refractivity contribution in [1.82, 2.24) is 0 Å². The Kier molecular flexibility index (Phi) is 2.71. The molecule has 0 unspecified atom stereocenters. The van der Waals surface area contributed by atoms with Gasteiger partial charge in [-0.25, -0.2) is 0 Å². The third-order valence-electron chi connectivity index (χ3n) is 2.60. The lowest BCUT2D eigenvalue weighted by atomic mass is 10.1. The van der Waals surface area contributed by atoms with Crippen LogP contribution in [0.5, 0.6) is 5.75 Å². The largest absolute Gasteiger partial charge is 0.435 e. The van der Waals surface area contributed by atoms with Crippen LogP contribution in [0.4, 0.5) is 8.78 Å². The Morgan fingerprint density at radius 2 is 2.07 bits per heavy atom.